The standard InChI is InChI=1S/C14H13IN2O/c1-9-5-6-11(15)8-13(9)17-14(18)10-3-2-4-12(16)7-10/h2-8H,16H2,1H3,(H,17,18). The van der Waals surface area contributed by atoms with Crippen LogP contribution in [0.25, 0.3) is 0 Å². The highest BCUT2D eigenvalue weighted by Gasteiger charge is 2.08. The average Bonchev–Trinajstić information content (AvgIpc) is 2.34. The number of nitrogen functional groups attached to an aromatic ring is 1. The number of anilines is 2. The molecule has 0 saturated heterocycles. The summed E-state index contributed by atoms with van der Waals surface area (Å²) in [6, 6.07) is 12.9. The number of aryl methyl sites for hydroxylation is 1. The molecule has 4 heteroatoms. The molecule has 0 radical (unpaired) electrons. The molecule has 0 atom stereocenters. The minimum Gasteiger partial charge on any atom is -0.399 e. The number of hydrogen-bond acceptors (Lipinski definition) is 2. The predicted molar refractivity (Wildman–Crippen MR) is 82.7 cm³/mol. The molecule has 3 nitrogen and oxygen atoms in total. The third kappa shape index (κ3) is 3.01. The van der Waals surface area contributed by atoms with E-state index in [2.05, 4.69) is 27.9 Å². The fourth-order valence-electron chi connectivity index (χ4n) is 1.60. The van der Waals surface area contributed by atoms with E-state index in [0.717, 1.165) is 14.8 Å². The lowest BCUT2D eigenvalue weighted by Gasteiger charge is -2.09. The zero-order valence-corrected chi connectivity index (χ0v) is 12.1. The van der Waals surface area contributed by atoms with E-state index in [-0.39, 0.29) is 5.91 Å². The number of carbonyl (C=O) groups is 1. The van der Waals surface area contributed by atoms with Crippen LogP contribution in [0.5, 0.6) is 0 Å². The molecule has 0 aliphatic heterocycles. The van der Waals surface area contributed by atoms with Gasteiger partial charge in [-0.05, 0) is 65.4 Å². The number of benzene rings is 2. The number of nitrogens with two attached hydrogens (primary N) is 1. The summed E-state index contributed by atoms with van der Waals surface area (Å²) in [6.07, 6.45) is 0. The van der Waals surface area contributed by atoms with Crippen molar-refractivity contribution in [3.05, 3.63) is 57.2 Å². The number of carbonyl (C=O) groups excluding carboxylic acids is 1. The van der Waals surface area contributed by atoms with Gasteiger partial charge in [0.2, 0.25) is 0 Å². The van der Waals surface area contributed by atoms with Gasteiger partial charge in [-0.25, -0.2) is 0 Å². The van der Waals surface area contributed by atoms with E-state index in [9.17, 15) is 4.79 Å². The molecule has 2 aromatic carbocycles. The lowest BCUT2D eigenvalue weighted by atomic mass is 10.1. The Morgan fingerprint density at radius 3 is 2.72 bits per heavy atom. The van der Waals surface area contributed by atoms with E-state index >= 15 is 0 Å². The molecular formula is C14H13IN2O. The van der Waals surface area contributed by atoms with Crippen molar-refractivity contribution >= 4 is 39.9 Å². The maximum absolute atomic E-state index is 12.1. The van der Waals surface area contributed by atoms with E-state index in [1.165, 1.54) is 0 Å². The first-order valence-electron chi connectivity index (χ1n) is 5.49. The Bertz CT molecular complexity index is 596. The van der Waals surface area contributed by atoms with Crippen molar-refractivity contribution in [2.75, 3.05) is 11.1 Å². The summed E-state index contributed by atoms with van der Waals surface area (Å²) >= 11 is 2.22. The monoisotopic (exact) mass is 352 g/mol. The lowest BCUT2D eigenvalue weighted by Crippen LogP contribution is -2.13. The van der Waals surface area contributed by atoms with Crippen LogP contribution in [0.1, 0.15) is 15.9 Å². The molecule has 0 saturated carbocycles. The molecule has 0 bridgehead atoms. The van der Waals surface area contributed by atoms with Crippen molar-refractivity contribution in [1.29, 1.82) is 0 Å². The SMILES string of the molecule is Cc1ccc(I)cc1NC(=O)c1cccc(N)c1. The molecule has 3 N–H and O–H groups in total. The second-order valence-corrected chi connectivity index (χ2v) is 5.28. The van der Waals surface area contributed by atoms with Crippen LogP contribution in [0.2, 0.25) is 0 Å². The molecule has 0 heterocycles. The second kappa shape index (κ2) is 5.39. The largest absolute Gasteiger partial charge is 0.399 e. The molecule has 92 valence electrons. The van der Waals surface area contributed by atoms with E-state index in [4.69, 9.17) is 5.73 Å². The summed E-state index contributed by atoms with van der Waals surface area (Å²) in [4.78, 5) is 12.1. The molecule has 2 rings (SSSR count). The molecule has 0 unspecified atom stereocenters. The van der Waals surface area contributed by atoms with Gasteiger partial charge in [-0.2, -0.15) is 0 Å². The van der Waals surface area contributed by atoms with Crippen molar-refractivity contribution in [1.82, 2.24) is 0 Å². The summed E-state index contributed by atoms with van der Waals surface area (Å²) in [7, 11) is 0. The summed E-state index contributed by atoms with van der Waals surface area (Å²) in [6.45, 7) is 1.96. The Hall–Kier alpha value is -1.56. The molecule has 0 spiro atoms. The minimum absolute atomic E-state index is 0.146. The van der Waals surface area contributed by atoms with Crippen LogP contribution in [0.3, 0.4) is 0 Å². The van der Waals surface area contributed by atoms with Gasteiger partial charge in [0.15, 0.2) is 0 Å². The van der Waals surface area contributed by atoms with Gasteiger partial charge < -0.3 is 11.1 Å². The summed E-state index contributed by atoms with van der Waals surface area (Å²) in [5, 5.41) is 2.90. The van der Waals surface area contributed by atoms with Crippen molar-refractivity contribution < 1.29 is 4.79 Å². The molecular weight excluding hydrogens is 339 g/mol. The van der Waals surface area contributed by atoms with Crippen molar-refractivity contribution in [2.45, 2.75) is 6.92 Å². The van der Waals surface area contributed by atoms with Crippen molar-refractivity contribution in [3.63, 3.8) is 0 Å². The third-order valence-corrected chi connectivity index (χ3v) is 3.27. The van der Waals surface area contributed by atoms with E-state index in [0.29, 0.717) is 11.3 Å². The van der Waals surface area contributed by atoms with Gasteiger partial charge >= 0.3 is 0 Å². The normalized spacial score (nSPS) is 10.1. The molecule has 2 aromatic rings. The van der Waals surface area contributed by atoms with Crippen LogP contribution < -0.4 is 11.1 Å². The van der Waals surface area contributed by atoms with Gasteiger partial charge in [0.25, 0.3) is 5.91 Å². The number of rotatable bonds is 2. The molecule has 0 aromatic heterocycles. The number of hydrogen-bond donors (Lipinski definition) is 2. The first-order chi connectivity index (χ1) is 8.56. The highest BCUT2D eigenvalue weighted by molar-refractivity contribution is 14.1. The Morgan fingerprint density at radius 1 is 1.22 bits per heavy atom. The number of nitrogens with one attached hydrogen (secondary N) is 1. The molecule has 0 aliphatic carbocycles. The van der Waals surface area contributed by atoms with Crippen LogP contribution in [-0.4, -0.2) is 5.91 Å². The van der Waals surface area contributed by atoms with Gasteiger partial charge in [0.05, 0.1) is 0 Å². The quantitative estimate of drug-likeness (QED) is 0.643. The molecule has 0 aliphatic rings. The van der Waals surface area contributed by atoms with E-state index in [1.807, 2.05) is 25.1 Å². The fourth-order valence-corrected chi connectivity index (χ4v) is 2.09. The van der Waals surface area contributed by atoms with E-state index < -0.39 is 0 Å². The highest BCUT2D eigenvalue weighted by atomic mass is 127. The van der Waals surface area contributed by atoms with Crippen LogP contribution in [0, 0.1) is 10.5 Å². The van der Waals surface area contributed by atoms with Crippen LogP contribution in [0.15, 0.2) is 42.5 Å². The first kappa shape index (κ1) is 12.9. The second-order valence-electron chi connectivity index (χ2n) is 4.04. The highest BCUT2D eigenvalue weighted by Crippen LogP contribution is 2.19. The number of amides is 1. The summed E-state index contributed by atoms with van der Waals surface area (Å²) < 4.78 is 1.08. The van der Waals surface area contributed by atoms with Gasteiger partial charge in [-0.1, -0.05) is 12.1 Å². The zero-order valence-electron chi connectivity index (χ0n) is 9.91. The van der Waals surface area contributed by atoms with Gasteiger partial charge in [0.1, 0.15) is 0 Å². The van der Waals surface area contributed by atoms with Crippen molar-refractivity contribution in [2.24, 2.45) is 0 Å². The van der Waals surface area contributed by atoms with Gasteiger partial charge in [-0.3, -0.25) is 4.79 Å². The fraction of sp³-hybridized carbons (Fsp3) is 0.0714. The smallest absolute Gasteiger partial charge is 0.255 e. The minimum atomic E-state index is -0.146. The topological polar surface area (TPSA) is 55.1 Å². The van der Waals surface area contributed by atoms with Crippen LogP contribution in [0.4, 0.5) is 11.4 Å². The molecule has 18 heavy (non-hydrogen) atoms. The summed E-state index contributed by atoms with van der Waals surface area (Å²) in [5.74, 6) is -0.146. The van der Waals surface area contributed by atoms with Crippen molar-refractivity contribution in [3.8, 4) is 0 Å². The van der Waals surface area contributed by atoms with Crippen LogP contribution >= 0.6 is 22.6 Å². The predicted octanol–water partition coefficient (Wildman–Crippen LogP) is 3.43. The van der Waals surface area contributed by atoms with E-state index in [1.54, 1.807) is 24.3 Å². The van der Waals surface area contributed by atoms with Gasteiger partial charge in [0, 0.05) is 20.5 Å². The van der Waals surface area contributed by atoms with Gasteiger partial charge in [-0.15, -0.1) is 0 Å². The maximum atomic E-state index is 12.1. The lowest BCUT2D eigenvalue weighted by molar-refractivity contribution is 0.102. The Kier molecular flexibility index (Phi) is 3.86. The Morgan fingerprint density at radius 2 is 2.00 bits per heavy atom. The zero-order chi connectivity index (χ0) is 13.1. The third-order valence-electron chi connectivity index (χ3n) is 2.60. The first-order valence-corrected chi connectivity index (χ1v) is 6.57. The summed E-state index contributed by atoms with van der Waals surface area (Å²) in [5.41, 5.74) is 8.67. The number of halogens is 1. The maximum Gasteiger partial charge on any atom is 0.255 e. The Balaban J connectivity index is 2.24. The Labute approximate surface area is 120 Å². The average molecular weight is 352 g/mol. The van der Waals surface area contributed by atoms with Crippen LogP contribution in [-0.2, 0) is 0 Å². The molecule has 1 amide bonds. The molecule has 0 fully saturated rings.